The molecular weight excluding hydrogens is 148 g/mol. The molecule has 11 heavy (non-hydrogen) atoms. The van der Waals surface area contributed by atoms with Gasteiger partial charge in [-0.05, 0) is 13.8 Å². The van der Waals surface area contributed by atoms with Gasteiger partial charge in [0.1, 0.15) is 6.10 Å². The monoisotopic (exact) mass is 164 g/mol. The van der Waals surface area contributed by atoms with Crippen molar-refractivity contribution in [3.63, 3.8) is 0 Å². The van der Waals surface area contributed by atoms with Gasteiger partial charge in [-0.2, -0.15) is 0 Å². The molecule has 0 radical (unpaired) electrons. The van der Waals surface area contributed by atoms with E-state index in [0.29, 0.717) is 6.61 Å². The molecule has 4 heteroatoms. The molecule has 0 aromatic carbocycles. The Bertz CT molecular complexity index is 90.4. The first-order valence-corrected chi connectivity index (χ1v) is 3.34. The fraction of sp³-hybridized carbons (Fsp3) is 0.857. The minimum absolute atomic E-state index is 0.323. The molecule has 0 aliphatic heterocycles. The first kappa shape index (κ1) is 13.0. The van der Waals surface area contributed by atoms with E-state index in [1.165, 1.54) is 6.92 Å². The number of methoxy groups -OCH3 is 1. The Morgan fingerprint density at radius 2 is 1.91 bits per heavy atom. The minimum Gasteiger partial charge on any atom is -0.464 e. The van der Waals surface area contributed by atoms with Crippen LogP contribution in [0.5, 0.6) is 0 Å². The third-order valence-corrected chi connectivity index (χ3v) is 0.628. The van der Waals surface area contributed by atoms with Crippen molar-refractivity contribution in [3.8, 4) is 0 Å². The van der Waals surface area contributed by atoms with Crippen molar-refractivity contribution >= 4 is 5.97 Å². The van der Waals surface area contributed by atoms with Gasteiger partial charge >= 0.3 is 5.97 Å². The summed E-state index contributed by atoms with van der Waals surface area (Å²) in [5.41, 5.74) is 0. The van der Waals surface area contributed by atoms with E-state index in [-0.39, 0.29) is 0 Å². The molecule has 1 atom stereocenters. The van der Waals surface area contributed by atoms with Crippen molar-refractivity contribution < 1.29 is 19.4 Å². The summed E-state index contributed by atoms with van der Waals surface area (Å²) in [6.07, 6.45) is -0.991. The summed E-state index contributed by atoms with van der Waals surface area (Å²) < 4.78 is 8.66. The second-order valence-corrected chi connectivity index (χ2v) is 1.84. The summed E-state index contributed by atoms with van der Waals surface area (Å²) >= 11 is 0. The zero-order chi connectivity index (χ0) is 9.28. The Balaban J connectivity index is 0. The molecule has 0 heterocycles. The van der Waals surface area contributed by atoms with Crippen molar-refractivity contribution in [3.05, 3.63) is 0 Å². The van der Waals surface area contributed by atoms with Gasteiger partial charge in [0, 0.05) is 14.2 Å². The van der Waals surface area contributed by atoms with E-state index in [4.69, 9.17) is 5.11 Å². The number of hydrogen-bond acceptors (Lipinski definition) is 4. The van der Waals surface area contributed by atoms with Gasteiger partial charge in [-0.1, -0.05) is 0 Å². The molecule has 0 amide bonds. The van der Waals surface area contributed by atoms with Gasteiger partial charge in [0.2, 0.25) is 0 Å². The first-order chi connectivity index (χ1) is 5.09. The van der Waals surface area contributed by atoms with Crippen LogP contribution >= 0.6 is 0 Å². The summed E-state index contributed by atoms with van der Waals surface area (Å²) in [5.74, 6) is -0.562. The largest absolute Gasteiger partial charge is 0.464 e. The Morgan fingerprint density at radius 3 is 2.00 bits per heavy atom. The van der Waals surface area contributed by atoms with E-state index in [0.717, 1.165) is 0 Å². The van der Waals surface area contributed by atoms with Gasteiger partial charge < -0.3 is 14.6 Å². The third-order valence-electron chi connectivity index (χ3n) is 0.628. The highest BCUT2D eigenvalue weighted by Gasteiger charge is 2.07. The van der Waals surface area contributed by atoms with Crippen LogP contribution in [0.3, 0.4) is 0 Å². The second kappa shape index (κ2) is 9.39. The second-order valence-electron chi connectivity index (χ2n) is 1.84. The fourth-order valence-corrected chi connectivity index (χ4v) is 0.263. The maximum Gasteiger partial charge on any atom is 0.334 e. The van der Waals surface area contributed by atoms with E-state index in [9.17, 15) is 4.79 Å². The molecule has 0 aromatic heterocycles. The molecule has 0 bridgehead atoms. The number of hydrogen-bond donors (Lipinski definition) is 1. The number of carbonyl (C=O) groups is 1. The summed E-state index contributed by atoms with van der Waals surface area (Å²) in [4.78, 5) is 10.3. The predicted molar refractivity (Wildman–Crippen MR) is 41.2 cm³/mol. The molecule has 1 N–H and O–H groups in total. The number of rotatable bonds is 2. The van der Waals surface area contributed by atoms with Gasteiger partial charge in [0.25, 0.3) is 0 Å². The number of carbonyl (C=O) groups excluding carboxylic acids is 1. The smallest absolute Gasteiger partial charge is 0.334 e. The quantitative estimate of drug-likeness (QED) is 0.592. The minimum atomic E-state index is -0.991. The average Bonchev–Trinajstić information content (AvgIpc) is 1.90. The van der Waals surface area contributed by atoms with E-state index < -0.39 is 12.1 Å². The highest BCUT2D eigenvalue weighted by molar-refractivity contribution is 5.73. The lowest BCUT2D eigenvalue weighted by atomic mass is 10.4. The van der Waals surface area contributed by atoms with Crippen LogP contribution in [0.15, 0.2) is 0 Å². The van der Waals surface area contributed by atoms with Gasteiger partial charge in [-0.3, -0.25) is 0 Å². The molecule has 4 nitrogen and oxygen atoms in total. The molecule has 0 spiro atoms. The Morgan fingerprint density at radius 1 is 1.55 bits per heavy atom. The van der Waals surface area contributed by atoms with E-state index in [1.54, 1.807) is 21.1 Å². The number of aliphatic hydroxyl groups excluding tert-OH is 1. The van der Waals surface area contributed by atoms with Gasteiger partial charge in [-0.25, -0.2) is 4.79 Å². The lowest BCUT2D eigenvalue weighted by Gasteiger charge is -2.01. The van der Waals surface area contributed by atoms with Crippen LogP contribution in [0.4, 0.5) is 0 Å². The zero-order valence-corrected chi connectivity index (χ0v) is 7.46. The van der Waals surface area contributed by atoms with E-state index in [1.807, 2.05) is 0 Å². The van der Waals surface area contributed by atoms with Crippen molar-refractivity contribution in [1.29, 1.82) is 0 Å². The van der Waals surface area contributed by atoms with Crippen LogP contribution in [-0.2, 0) is 14.3 Å². The summed E-state index contributed by atoms with van der Waals surface area (Å²) in [7, 11) is 3.25. The topological polar surface area (TPSA) is 55.8 Å². The average molecular weight is 164 g/mol. The van der Waals surface area contributed by atoms with Gasteiger partial charge in [0.05, 0.1) is 6.61 Å². The molecular formula is C7H16O4. The van der Waals surface area contributed by atoms with Crippen molar-refractivity contribution in [2.75, 3.05) is 20.8 Å². The summed E-state index contributed by atoms with van der Waals surface area (Å²) in [6.45, 7) is 3.39. The normalized spacial score (nSPS) is 11.0. The summed E-state index contributed by atoms with van der Waals surface area (Å²) in [5, 5.41) is 8.48. The predicted octanol–water partition coefficient (Wildman–Crippen LogP) is 0.193. The van der Waals surface area contributed by atoms with E-state index >= 15 is 0 Å². The number of ether oxygens (including phenoxy) is 2. The lowest BCUT2D eigenvalue weighted by Crippen LogP contribution is -2.18. The Hall–Kier alpha value is -0.610. The fourth-order valence-electron chi connectivity index (χ4n) is 0.263. The molecule has 1 unspecified atom stereocenters. The third kappa shape index (κ3) is 12.6. The number of esters is 1. The lowest BCUT2D eigenvalue weighted by molar-refractivity contribution is -0.151. The highest BCUT2D eigenvalue weighted by atomic mass is 16.5. The maximum absolute atomic E-state index is 10.3. The molecule has 0 aliphatic rings. The molecule has 0 aromatic rings. The molecule has 0 fully saturated rings. The van der Waals surface area contributed by atoms with Crippen LogP contribution in [0.1, 0.15) is 13.8 Å². The van der Waals surface area contributed by atoms with Gasteiger partial charge in [-0.15, -0.1) is 0 Å². The molecule has 0 rings (SSSR count). The number of aliphatic hydroxyl groups is 1. The molecule has 0 aliphatic carbocycles. The molecule has 0 saturated heterocycles. The van der Waals surface area contributed by atoms with Crippen LogP contribution in [-0.4, -0.2) is 38.0 Å². The van der Waals surface area contributed by atoms with Crippen molar-refractivity contribution in [2.45, 2.75) is 20.0 Å². The van der Waals surface area contributed by atoms with Crippen LogP contribution in [0.25, 0.3) is 0 Å². The van der Waals surface area contributed by atoms with Crippen molar-refractivity contribution in [2.24, 2.45) is 0 Å². The van der Waals surface area contributed by atoms with Gasteiger partial charge in [0.15, 0.2) is 0 Å². The Kier molecular flexibility index (Phi) is 11.1. The zero-order valence-electron chi connectivity index (χ0n) is 7.46. The van der Waals surface area contributed by atoms with Crippen LogP contribution < -0.4 is 0 Å². The maximum atomic E-state index is 10.3. The molecule has 0 saturated carbocycles. The standard InChI is InChI=1S/C5H10O3.C2H6O/c1-3-8-5(7)4(2)6;1-3-2/h4,6H,3H2,1-2H3;1-2H3. The summed E-state index contributed by atoms with van der Waals surface area (Å²) in [6, 6.07) is 0. The van der Waals surface area contributed by atoms with Crippen molar-refractivity contribution in [1.82, 2.24) is 0 Å². The molecule has 68 valence electrons. The SMILES string of the molecule is CCOC(=O)C(C)O.COC. The Labute approximate surface area is 67.1 Å². The van der Waals surface area contributed by atoms with E-state index in [2.05, 4.69) is 9.47 Å². The highest BCUT2D eigenvalue weighted by Crippen LogP contribution is 1.84. The van der Waals surface area contributed by atoms with Crippen LogP contribution in [0.2, 0.25) is 0 Å². The van der Waals surface area contributed by atoms with Crippen LogP contribution in [0, 0.1) is 0 Å². The first-order valence-electron chi connectivity index (χ1n) is 3.34.